The van der Waals surface area contributed by atoms with Crippen LogP contribution in [0.25, 0.3) is 0 Å². The first kappa shape index (κ1) is 30.6. The summed E-state index contributed by atoms with van der Waals surface area (Å²) in [6.45, 7) is -0.374. The molecule has 11 N–H and O–H groups in total. The number of carbonyl (C=O) groups is 5. The van der Waals surface area contributed by atoms with Gasteiger partial charge in [0, 0.05) is 6.42 Å². The Balaban J connectivity index is 5.14. The third-order valence-electron chi connectivity index (χ3n) is 4.66. The SMILES string of the molecule is CSCCC(NC(=O)C(CO)NC(=O)C(N)CCC(N)=O)C(=O)NC(CCCCN)C(=O)O. The van der Waals surface area contributed by atoms with Crippen molar-refractivity contribution in [1.82, 2.24) is 16.0 Å². The molecule has 0 bridgehead atoms. The fourth-order valence-corrected chi connectivity index (χ4v) is 3.17. The monoisotopic (exact) mass is 492 g/mol. The molecule has 4 amide bonds. The number of hydrogen-bond donors (Lipinski definition) is 8. The molecule has 0 fully saturated rings. The molecule has 0 aromatic carbocycles. The van der Waals surface area contributed by atoms with Gasteiger partial charge in [-0.15, -0.1) is 0 Å². The molecular formula is C19H36N6O7S. The fourth-order valence-electron chi connectivity index (χ4n) is 2.70. The number of carboxylic acids is 1. The number of unbranched alkanes of at least 4 members (excludes halogenated alkanes) is 1. The summed E-state index contributed by atoms with van der Waals surface area (Å²) < 4.78 is 0. The minimum absolute atomic E-state index is 0.0412. The Morgan fingerprint density at radius 3 is 1.97 bits per heavy atom. The van der Waals surface area contributed by atoms with Crippen molar-refractivity contribution in [1.29, 1.82) is 0 Å². The molecule has 190 valence electrons. The number of thioether (sulfide) groups is 1. The highest BCUT2D eigenvalue weighted by Crippen LogP contribution is 2.06. The second-order valence-corrected chi connectivity index (χ2v) is 8.37. The highest BCUT2D eigenvalue weighted by atomic mass is 32.2. The number of primary amides is 1. The minimum atomic E-state index is -1.40. The van der Waals surface area contributed by atoms with Crippen LogP contribution in [0.5, 0.6) is 0 Å². The van der Waals surface area contributed by atoms with E-state index in [0.717, 1.165) is 0 Å². The molecule has 0 saturated carbocycles. The third-order valence-corrected chi connectivity index (χ3v) is 5.30. The maximum Gasteiger partial charge on any atom is 0.326 e. The zero-order chi connectivity index (χ0) is 25.4. The maximum atomic E-state index is 12.7. The molecule has 0 aliphatic carbocycles. The lowest BCUT2D eigenvalue weighted by atomic mass is 10.1. The first-order chi connectivity index (χ1) is 15.6. The van der Waals surface area contributed by atoms with Gasteiger partial charge in [-0.2, -0.15) is 11.8 Å². The number of nitrogens with two attached hydrogens (primary N) is 3. The zero-order valence-electron chi connectivity index (χ0n) is 18.7. The van der Waals surface area contributed by atoms with Gasteiger partial charge < -0.3 is 43.4 Å². The second-order valence-electron chi connectivity index (χ2n) is 7.38. The van der Waals surface area contributed by atoms with Crippen LogP contribution in [-0.4, -0.2) is 89.1 Å². The van der Waals surface area contributed by atoms with E-state index in [2.05, 4.69) is 16.0 Å². The summed E-state index contributed by atoms with van der Waals surface area (Å²) in [4.78, 5) is 59.7. The Morgan fingerprint density at radius 1 is 0.879 bits per heavy atom. The number of nitrogens with one attached hydrogen (secondary N) is 3. The van der Waals surface area contributed by atoms with E-state index in [1.54, 1.807) is 6.26 Å². The molecule has 0 spiro atoms. The molecule has 33 heavy (non-hydrogen) atoms. The van der Waals surface area contributed by atoms with Crippen molar-refractivity contribution < 1.29 is 34.2 Å². The van der Waals surface area contributed by atoms with Gasteiger partial charge in [-0.25, -0.2) is 4.79 Å². The summed E-state index contributed by atoms with van der Waals surface area (Å²) in [5.41, 5.74) is 16.1. The van der Waals surface area contributed by atoms with Gasteiger partial charge in [0.2, 0.25) is 23.6 Å². The summed E-state index contributed by atoms with van der Waals surface area (Å²) >= 11 is 1.42. The van der Waals surface area contributed by atoms with Crippen molar-refractivity contribution in [3.63, 3.8) is 0 Å². The van der Waals surface area contributed by atoms with Crippen LogP contribution in [0.1, 0.15) is 38.5 Å². The standard InChI is InChI=1S/C19H36N6O7S/c1-33-9-7-12(17(29)24-13(19(31)32)4-2-3-8-20)23-18(30)14(10-26)25-16(28)11(21)5-6-15(22)27/h11-14,26H,2-10,20-21H2,1H3,(H2,22,27)(H,23,30)(H,24,29)(H,25,28)(H,31,32). The zero-order valence-corrected chi connectivity index (χ0v) is 19.6. The normalized spacial score (nSPS) is 14.4. The number of aliphatic hydroxyl groups is 1. The van der Waals surface area contributed by atoms with E-state index < -0.39 is 60.4 Å². The predicted octanol–water partition coefficient (Wildman–Crippen LogP) is -3.01. The molecule has 0 radical (unpaired) electrons. The Labute approximate surface area is 196 Å². The topological polar surface area (TPSA) is 240 Å². The van der Waals surface area contributed by atoms with Crippen LogP contribution >= 0.6 is 11.8 Å². The molecule has 0 aromatic heterocycles. The number of rotatable bonds is 18. The highest BCUT2D eigenvalue weighted by Gasteiger charge is 2.29. The fraction of sp³-hybridized carbons (Fsp3) is 0.737. The number of carboxylic acid groups (broad SMARTS) is 1. The van der Waals surface area contributed by atoms with Gasteiger partial charge in [-0.1, -0.05) is 0 Å². The Kier molecular flexibility index (Phi) is 15.9. The van der Waals surface area contributed by atoms with Crippen molar-refractivity contribution in [2.24, 2.45) is 17.2 Å². The molecule has 0 aliphatic heterocycles. The van der Waals surface area contributed by atoms with E-state index in [9.17, 15) is 34.2 Å². The molecule has 4 atom stereocenters. The van der Waals surface area contributed by atoms with Crippen molar-refractivity contribution in [3.05, 3.63) is 0 Å². The summed E-state index contributed by atoms with van der Waals surface area (Å²) in [6.07, 6.45) is 3.11. The Hall–Kier alpha value is -2.42. The van der Waals surface area contributed by atoms with Gasteiger partial charge in [0.1, 0.15) is 18.1 Å². The van der Waals surface area contributed by atoms with Crippen molar-refractivity contribution in [2.75, 3.05) is 25.2 Å². The van der Waals surface area contributed by atoms with Crippen LogP contribution < -0.4 is 33.2 Å². The predicted molar refractivity (Wildman–Crippen MR) is 123 cm³/mol. The first-order valence-electron chi connectivity index (χ1n) is 10.5. The van der Waals surface area contributed by atoms with E-state index in [0.29, 0.717) is 25.1 Å². The highest BCUT2D eigenvalue weighted by molar-refractivity contribution is 7.98. The van der Waals surface area contributed by atoms with Crippen LogP contribution in [0.2, 0.25) is 0 Å². The van der Waals surface area contributed by atoms with Crippen LogP contribution in [0.15, 0.2) is 0 Å². The molecule has 0 aliphatic rings. The lowest BCUT2D eigenvalue weighted by Crippen LogP contribution is -2.58. The number of aliphatic hydroxyl groups excluding tert-OH is 1. The van der Waals surface area contributed by atoms with Gasteiger partial charge in [0.15, 0.2) is 0 Å². The number of carbonyl (C=O) groups excluding carboxylic acids is 4. The molecule has 0 aromatic rings. The number of amides is 4. The van der Waals surface area contributed by atoms with Gasteiger partial charge >= 0.3 is 5.97 Å². The molecule has 13 nitrogen and oxygen atoms in total. The minimum Gasteiger partial charge on any atom is -0.480 e. The molecule has 14 heteroatoms. The van der Waals surface area contributed by atoms with Crippen molar-refractivity contribution >= 4 is 41.4 Å². The van der Waals surface area contributed by atoms with Crippen LogP contribution in [0.3, 0.4) is 0 Å². The average molecular weight is 493 g/mol. The largest absolute Gasteiger partial charge is 0.480 e. The van der Waals surface area contributed by atoms with Gasteiger partial charge in [-0.05, 0) is 50.7 Å². The summed E-state index contributed by atoms with van der Waals surface area (Å²) in [5, 5.41) is 26.0. The maximum absolute atomic E-state index is 12.7. The molecule has 4 unspecified atom stereocenters. The van der Waals surface area contributed by atoms with E-state index >= 15 is 0 Å². The number of aliphatic carboxylic acids is 1. The van der Waals surface area contributed by atoms with E-state index in [-0.39, 0.29) is 25.7 Å². The molecule has 0 heterocycles. The average Bonchev–Trinajstić information content (AvgIpc) is 2.77. The quantitative estimate of drug-likeness (QED) is 0.0901. The van der Waals surface area contributed by atoms with Crippen LogP contribution in [0, 0.1) is 0 Å². The van der Waals surface area contributed by atoms with E-state index in [1.165, 1.54) is 11.8 Å². The Morgan fingerprint density at radius 2 is 1.45 bits per heavy atom. The van der Waals surface area contributed by atoms with Gasteiger partial charge in [-0.3, -0.25) is 19.2 Å². The Bertz CT molecular complexity index is 667. The second kappa shape index (κ2) is 17.1. The first-order valence-corrected chi connectivity index (χ1v) is 11.9. The lowest BCUT2D eigenvalue weighted by molar-refractivity contribution is -0.142. The molecule has 0 rings (SSSR count). The van der Waals surface area contributed by atoms with Crippen molar-refractivity contribution in [2.45, 2.75) is 62.7 Å². The van der Waals surface area contributed by atoms with Crippen LogP contribution in [0.4, 0.5) is 0 Å². The number of hydrogen-bond acceptors (Lipinski definition) is 9. The van der Waals surface area contributed by atoms with Crippen molar-refractivity contribution in [3.8, 4) is 0 Å². The lowest BCUT2D eigenvalue weighted by Gasteiger charge is -2.24. The summed E-state index contributed by atoms with van der Waals surface area (Å²) in [7, 11) is 0. The van der Waals surface area contributed by atoms with E-state index in [4.69, 9.17) is 17.2 Å². The third kappa shape index (κ3) is 13.0. The van der Waals surface area contributed by atoms with E-state index in [1.807, 2.05) is 0 Å². The molecular weight excluding hydrogens is 456 g/mol. The van der Waals surface area contributed by atoms with Gasteiger partial charge in [0.05, 0.1) is 12.6 Å². The summed E-state index contributed by atoms with van der Waals surface area (Å²) in [5.74, 6) is -3.68. The molecule has 0 saturated heterocycles. The van der Waals surface area contributed by atoms with Gasteiger partial charge in [0.25, 0.3) is 0 Å². The smallest absolute Gasteiger partial charge is 0.326 e. The van der Waals surface area contributed by atoms with Crippen LogP contribution in [-0.2, 0) is 24.0 Å². The summed E-state index contributed by atoms with van der Waals surface area (Å²) in [6, 6.07) is -4.76.